The average Bonchev–Trinajstić information content (AvgIpc) is 2.92. The van der Waals surface area contributed by atoms with E-state index in [0.717, 1.165) is 28.8 Å². The van der Waals surface area contributed by atoms with Crippen LogP contribution in [0.15, 0.2) is 48.5 Å². The van der Waals surface area contributed by atoms with Gasteiger partial charge in [-0.1, -0.05) is 18.2 Å². The first-order valence-electron chi connectivity index (χ1n) is 9.27. The van der Waals surface area contributed by atoms with Gasteiger partial charge in [-0.15, -0.1) is 0 Å². The zero-order chi connectivity index (χ0) is 23.0. The van der Waals surface area contributed by atoms with E-state index in [1.54, 1.807) is 52.0 Å². The van der Waals surface area contributed by atoms with Crippen molar-refractivity contribution in [2.75, 3.05) is 0 Å². The SMILES string of the molecule is Cc1c(OC(=O)Oc2ccc(C(F)(F)F)cc2)n(C(=O)OC(C)(C)C)c2ccccc12. The molecular weight excluding hydrogens is 415 g/mol. The second-order valence-electron chi connectivity index (χ2n) is 7.74. The molecule has 2 aromatic carbocycles. The fourth-order valence-corrected chi connectivity index (χ4v) is 2.90. The van der Waals surface area contributed by atoms with Gasteiger partial charge in [0.15, 0.2) is 0 Å². The summed E-state index contributed by atoms with van der Waals surface area (Å²) in [6, 6.07) is 10.5. The number of fused-ring (bicyclic) bond motifs is 1. The Morgan fingerprint density at radius 2 is 1.52 bits per heavy atom. The molecule has 6 nitrogen and oxygen atoms in total. The number of halogens is 3. The molecule has 0 spiro atoms. The van der Waals surface area contributed by atoms with Crippen LogP contribution in [-0.4, -0.2) is 22.4 Å². The number of benzene rings is 2. The minimum atomic E-state index is -4.51. The molecule has 0 atom stereocenters. The highest BCUT2D eigenvalue weighted by molar-refractivity contribution is 5.95. The fraction of sp³-hybridized carbons (Fsp3) is 0.273. The van der Waals surface area contributed by atoms with Crippen molar-refractivity contribution in [3.05, 3.63) is 59.7 Å². The number of carbonyl (C=O) groups excluding carboxylic acids is 2. The first-order chi connectivity index (χ1) is 14.4. The van der Waals surface area contributed by atoms with Crippen molar-refractivity contribution >= 4 is 23.2 Å². The van der Waals surface area contributed by atoms with E-state index in [9.17, 15) is 22.8 Å². The van der Waals surface area contributed by atoms with Gasteiger partial charge in [0.1, 0.15) is 11.4 Å². The Morgan fingerprint density at radius 3 is 2.10 bits per heavy atom. The summed E-state index contributed by atoms with van der Waals surface area (Å²) in [4.78, 5) is 25.1. The monoisotopic (exact) mass is 435 g/mol. The van der Waals surface area contributed by atoms with Crippen LogP contribution in [0.25, 0.3) is 10.9 Å². The molecule has 0 fully saturated rings. The number of rotatable bonds is 2. The van der Waals surface area contributed by atoms with E-state index in [2.05, 4.69) is 0 Å². The maximum atomic E-state index is 12.8. The fourth-order valence-electron chi connectivity index (χ4n) is 2.90. The second-order valence-corrected chi connectivity index (χ2v) is 7.74. The quantitative estimate of drug-likeness (QED) is 0.348. The van der Waals surface area contributed by atoms with Crippen LogP contribution in [0.3, 0.4) is 0 Å². The molecule has 0 aliphatic carbocycles. The van der Waals surface area contributed by atoms with Gasteiger partial charge >= 0.3 is 18.4 Å². The van der Waals surface area contributed by atoms with Crippen molar-refractivity contribution in [1.29, 1.82) is 0 Å². The predicted octanol–water partition coefficient (Wildman–Crippen LogP) is 6.33. The summed E-state index contributed by atoms with van der Waals surface area (Å²) in [6.45, 7) is 6.75. The lowest BCUT2D eigenvalue weighted by Crippen LogP contribution is -2.28. The molecule has 0 aliphatic heterocycles. The molecule has 3 aromatic rings. The van der Waals surface area contributed by atoms with Gasteiger partial charge in [0.25, 0.3) is 0 Å². The smallest absolute Gasteiger partial charge is 0.443 e. The maximum Gasteiger partial charge on any atom is 0.520 e. The summed E-state index contributed by atoms with van der Waals surface area (Å²) in [5.74, 6) is -0.247. The molecule has 0 N–H and O–H groups in total. The van der Waals surface area contributed by atoms with Gasteiger partial charge in [-0.3, -0.25) is 0 Å². The van der Waals surface area contributed by atoms with Crippen molar-refractivity contribution in [3.63, 3.8) is 0 Å². The van der Waals surface area contributed by atoms with Gasteiger partial charge in [0.2, 0.25) is 5.88 Å². The maximum absolute atomic E-state index is 12.8. The number of aromatic nitrogens is 1. The summed E-state index contributed by atoms with van der Waals surface area (Å²) in [6.07, 6.45) is -6.48. The van der Waals surface area contributed by atoms with E-state index in [4.69, 9.17) is 14.2 Å². The number of hydrogen-bond acceptors (Lipinski definition) is 5. The topological polar surface area (TPSA) is 66.8 Å². The Hall–Kier alpha value is -3.49. The van der Waals surface area contributed by atoms with Crippen LogP contribution in [0, 0.1) is 6.92 Å². The number of ether oxygens (including phenoxy) is 3. The Balaban J connectivity index is 1.90. The van der Waals surface area contributed by atoms with E-state index in [-0.39, 0.29) is 11.6 Å². The van der Waals surface area contributed by atoms with Crippen LogP contribution >= 0.6 is 0 Å². The van der Waals surface area contributed by atoms with Gasteiger partial charge < -0.3 is 14.2 Å². The number of nitrogens with zero attached hydrogens (tertiary/aromatic N) is 1. The largest absolute Gasteiger partial charge is 0.520 e. The van der Waals surface area contributed by atoms with Gasteiger partial charge in [-0.25, -0.2) is 14.2 Å². The van der Waals surface area contributed by atoms with E-state index >= 15 is 0 Å². The van der Waals surface area contributed by atoms with Gasteiger partial charge in [0.05, 0.1) is 11.1 Å². The summed E-state index contributed by atoms with van der Waals surface area (Å²) in [7, 11) is 0. The minimum Gasteiger partial charge on any atom is -0.443 e. The Labute approximate surface area is 176 Å². The van der Waals surface area contributed by atoms with Crippen molar-refractivity contribution in [2.24, 2.45) is 0 Å². The molecule has 0 unspecified atom stereocenters. The van der Waals surface area contributed by atoms with Gasteiger partial charge in [-0.05, 0) is 58.0 Å². The highest BCUT2D eigenvalue weighted by Gasteiger charge is 2.30. The lowest BCUT2D eigenvalue weighted by atomic mass is 10.2. The number of aryl methyl sites for hydroxylation is 1. The van der Waals surface area contributed by atoms with E-state index in [1.165, 1.54) is 0 Å². The molecule has 1 aromatic heterocycles. The molecule has 0 radical (unpaired) electrons. The zero-order valence-electron chi connectivity index (χ0n) is 17.2. The van der Waals surface area contributed by atoms with Crippen LogP contribution in [0.5, 0.6) is 11.6 Å². The third-order valence-corrected chi connectivity index (χ3v) is 4.21. The molecule has 0 bridgehead atoms. The standard InChI is InChI=1S/C22H20F3NO5/c1-13-16-7-5-6-8-17(16)26(19(27)31-21(2,3)4)18(13)30-20(28)29-15-11-9-14(10-12-15)22(23,24)25/h5-12H,1-4H3. The third-order valence-electron chi connectivity index (χ3n) is 4.21. The Morgan fingerprint density at radius 1 is 0.903 bits per heavy atom. The molecule has 31 heavy (non-hydrogen) atoms. The highest BCUT2D eigenvalue weighted by Crippen LogP contribution is 2.33. The molecular formula is C22H20F3NO5. The molecule has 0 saturated carbocycles. The summed E-state index contributed by atoms with van der Waals surface area (Å²) >= 11 is 0. The number of para-hydroxylation sites is 1. The van der Waals surface area contributed by atoms with Crippen molar-refractivity contribution in [3.8, 4) is 11.6 Å². The Bertz CT molecular complexity index is 1120. The second kappa shape index (κ2) is 7.98. The lowest BCUT2D eigenvalue weighted by molar-refractivity contribution is -0.137. The van der Waals surface area contributed by atoms with Crippen LogP contribution < -0.4 is 9.47 Å². The zero-order valence-corrected chi connectivity index (χ0v) is 17.2. The van der Waals surface area contributed by atoms with E-state index in [0.29, 0.717) is 16.5 Å². The summed E-state index contributed by atoms with van der Waals surface area (Å²) in [5.41, 5.74) is -0.722. The van der Waals surface area contributed by atoms with Crippen LogP contribution in [0.4, 0.5) is 22.8 Å². The van der Waals surface area contributed by atoms with Crippen molar-refractivity contribution in [1.82, 2.24) is 4.57 Å². The van der Waals surface area contributed by atoms with Crippen molar-refractivity contribution in [2.45, 2.75) is 39.5 Å². The first-order valence-corrected chi connectivity index (χ1v) is 9.27. The lowest BCUT2D eigenvalue weighted by Gasteiger charge is -2.20. The minimum absolute atomic E-state index is 0.104. The molecule has 0 saturated heterocycles. The van der Waals surface area contributed by atoms with Crippen LogP contribution in [0.1, 0.15) is 31.9 Å². The van der Waals surface area contributed by atoms with Gasteiger partial charge in [0, 0.05) is 10.9 Å². The summed E-state index contributed by atoms with van der Waals surface area (Å²) < 4.78 is 54.8. The number of hydrogen-bond donors (Lipinski definition) is 0. The molecule has 0 aliphatic rings. The molecule has 164 valence electrons. The molecule has 1 heterocycles. The number of carbonyl (C=O) groups is 2. The van der Waals surface area contributed by atoms with E-state index in [1.807, 2.05) is 0 Å². The number of alkyl halides is 3. The third kappa shape index (κ3) is 4.99. The van der Waals surface area contributed by atoms with Crippen molar-refractivity contribution < 1.29 is 37.0 Å². The Kier molecular flexibility index (Phi) is 5.71. The van der Waals surface area contributed by atoms with Gasteiger partial charge in [-0.2, -0.15) is 13.2 Å². The molecule has 9 heteroatoms. The molecule has 0 amide bonds. The van der Waals surface area contributed by atoms with Crippen LogP contribution in [-0.2, 0) is 10.9 Å². The average molecular weight is 435 g/mol. The highest BCUT2D eigenvalue weighted by atomic mass is 19.4. The normalized spacial score (nSPS) is 12.0. The van der Waals surface area contributed by atoms with Crippen LogP contribution in [0.2, 0.25) is 0 Å². The first kappa shape index (κ1) is 22.2. The predicted molar refractivity (Wildman–Crippen MR) is 106 cm³/mol. The van der Waals surface area contributed by atoms with E-state index < -0.39 is 29.6 Å². The molecule has 3 rings (SSSR count). The summed E-state index contributed by atoms with van der Waals surface area (Å²) in [5, 5.41) is 0.658.